The summed E-state index contributed by atoms with van der Waals surface area (Å²) in [6.07, 6.45) is 5.97. The highest BCUT2D eigenvalue weighted by atomic mass is 32.2. The molecule has 0 aromatic heterocycles. The summed E-state index contributed by atoms with van der Waals surface area (Å²) in [6, 6.07) is 6.38. The van der Waals surface area contributed by atoms with Gasteiger partial charge in [0, 0.05) is 16.3 Å². The molecule has 0 heterocycles. The lowest BCUT2D eigenvalue weighted by Gasteiger charge is -2.21. The molecule has 0 radical (unpaired) electrons. The maximum Gasteiger partial charge on any atom is 0.0481 e. The minimum atomic E-state index is 0.957. The van der Waals surface area contributed by atoms with Gasteiger partial charge in [-0.15, -0.1) is 11.8 Å². The molecule has 0 saturated heterocycles. The molecule has 2 fully saturated rings. The number of nitrogens with two attached hydrogens (primary N) is 1. The van der Waals surface area contributed by atoms with Gasteiger partial charge in [0.15, 0.2) is 0 Å². The average molecular weight is 247 g/mol. The van der Waals surface area contributed by atoms with Crippen molar-refractivity contribution in [3.8, 4) is 0 Å². The third-order valence-electron chi connectivity index (χ3n) is 4.62. The highest BCUT2D eigenvalue weighted by molar-refractivity contribution is 7.99. The monoisotopic (exact) mass is 247 g/mol. The molecule has 17 heavy (non-hydrogen) atoms. The maximum absolute atomic E-state index is 6.12. The summed E-state index contributed by atoms with van der Waals surface area (Å²) in [4.78, 5) is 1.28. The fourth-order valence-corrected chi connectivity index (χ4v) is 4.85. The lowest BCUT2D eigenvalue weighted by atomic mass is 9.90. The Hall–Kier alpha value is -0.630. The molecule has 1 aromatic rings. The van der Waals surface area contributed by atoms with Crippen molar-refractivity contribution in [2.24, 2.45) is 17.8 Å². The van der Waals surface area contributed by atoms with Gasteiger partial charge in [0.2, 0.25) is 0 Å². The average Bonchev–Trinajstić information content (AvgIpc) is 2.93. The molecule has 3 rings (SSSR count). The number of para-hydroxylation sites is 1. The standard InChI is InChI=1S/C15H21NS/c1-10-3-2-4-14(15(10)16)17-9-13-8-11-5-6-12(13)7-11/h2-4,11-13H,5-9,16H2,1H3. The van der Waals surface area contributed by atoms with Gasteiger partial charge in [-0.05, 0) is 55.6 Å². The van der Waals surface area contributed by atoms with E-state index < -0.39 is 0 Å². The molecule has 2 saturated carbocycles. The van der Waals surface area contributed by atoms with Crippen molar-refractivity contribution in [2.75, 3.05) is 11.5 Å². The van der Waals surface area contributed by atoms with E-state index in [1.54, 1.807) is 0 Å². The van der Waals surface area contributed by atoms with E-state index in [1.165, 1.54) is 41.9 Å². The fourth-order valence-electron chi connectivity index (χ4n) is 3.56. The summed E-state index contributed by atoms with van der Waals surface area (Å²) in [7, 11) is 0. The Balaban J connectivity index is 1.62. The van der Waals surface area contributed by atoms with Gasteiger partial charge in [-0.25, -0.2) is 0 Å². The van der Waals surface area contributed by atoms with E-state index in [2.05, 4.69) is 25.1 Å². The van der Waals surface area contributed by atoms with Crippen molar-refractivity contribution in [1.82, 2.24) is 0 Å². The summed E-state index contributed by atoms with van der Waals surface area (Å²) >= 11 is 1.97. The first-order valence-electron chi connectivity index (χ1n) is 6.72. The van der Waals surface area contributed by atoms with Crippen LogP contribution in [-0.2, 0) is 0 Å². The molecule has 2 N–H and O–H groups in total. The van der Waals surface area contributed by atoms with Crippen LogP contribution in [0.5, 0.6) is 0 Å². The predicted molar refractivity (Wildman–Crippen MR) is 75.3 cm³/mol. The van der Waals surface area contributed by atoms with Gasteiger partial charge in [-0.1, -0.05) is 18.6 Å². The second-order valence-electron chi connectivity index (χ2n) is 5.73. The smallest absolute Gasteiger partial charge is 0.0481 e. The number of fused-ring (bicyclic) bond motifs is 2. The molecule has 92 valence electrons. The Morgan fingerprint density at radius 3 is 2.88 bits per heavy atom. The van der Waals surface area contributed by atoms with E-state index >= 15 is 0 Å². The Bertz CT molecular complexity index is 415. The molecule has 2 bridgehead atoms. The minimum absolute atomic E-state index is 0.957. The molecule has 0 amide bonds. The molecule has 3 unspecified atom stereocenters. The minimum Gasteiger partial charge on any atom is -0.398 e. The molecular weight excluding hydrogens is 226 g/mol. The Morgan fingerprint density at radius 2 is 2.18 bits per heavy atom. The molecule has 0 spiro atoms. The van der Waals surface area contributed by atoms with Gasteiger partial charge in [-0.2, -0.15) is 0 Å². The van der Waals surface area contributed by atoms with Crippen molar-refractivity contribution in [3.05, 3.63) is 23.8 Å². The van der Waals surface area contributed by atoms with Crippen LogP contribution < -0.4 is 5.73 Å². The van der Waals surface area contributed by atoms with Crippen molar-refractivity contribution in [2.45, 2.75) is 37.5 Å². The van der Waals surface area contributed by atoms with Gasteiger partial charge in [0.25, 0.3) is 0 Å². The Kier molecular flexibility index (Phi) is 3.08. The highest BCUT2D eigenvalue weighted by Crippen LogP contribution is 2.49. The SMILES string of the molecule is Cc1cccc(SCC2CC3CCC2C3)c1N. The first-order valence-corrected chi connectivity index (χ1v) is 7.70. The van der Waals surface area contributed by atoms with E-state index in [1.807, 2.05) is 11.8 Å². The second-order valence-corrected chi connectivity index (χ2v) is 6.79. The zero-order valence-corrected chi connectivity index (χ0v) is 11.3. The van der Waals surface area contributed by atoms with Crippen LogP contribution in [0.15, 0.2) is 23.1 Å². The zero-order valence-electron chi connectivity index (χ0n) is 10.5. The lowest BCUT2D eigenvalue weighted by molar-refractivity contribution is 0.365. The van der Waals surface area contributed by atoms with Gasteiger partial charge >= 0.3 is 0 Å². The molecule has 2 heteroatoms. The van der Waals surface area contributed by atoms with Crippen LogP contribution >= 0.6 is 11.8 Å². The van der Waals surface area contributed by atoms with Crippen molar-refractivity contribution in [1.29, 1.82) is 0 Å². The van der Waals surface area contributed by atoms with E-state index in [0.29, 0.717) is 0 Å². The van der Waals surface area contributed by atoms with Crippen molar-refractivity contribution < 1.29 is 0 Å². The Morgan fingerprint density at radius 1 is 1.29 bits per heavy atom. The van der Waals surface area contributed by atoms with Crippen LogP contribution in [0.2, 0.25) is 0 Å². The van der Waals surface area contributed by atoms with Crippen molar-refractivity contribution in [3.63, 3.8) is 0 Å². The number of anilines is 1. The molecule has 1 nitrogen and oxygen atoms in total. The number of nitrogen functional groups attached to an aromatic ring is 1. The second kappa shape index (κ2) is 4.56. The van der Waals surface area contributed by atoms with Gasteiger partial charge in [0.1, 0.15) is 0 Å². The number of hydrogen-bond donors (Lipinski definition) is 1. The molecule has 1 aromatic carbocycles. The summed E-state index contributed by atoms with van der Waals surface area (Å²) in [5.74, 6) is 4.31. The van der Waals surface area contributed by atoms with Crippen LogP contribution in [0.3, 0.4) is 0 Å². The predicted octanol–water partition coefficient (Wildman–Crippen LogP) is 4.11. The number of rotatable bonds is 3. The largest absolute Gasteiger partial charge is 0.398 e. The third-order valence-corrected chi connectivity index (χ3v) is 5.88. The van der Waals surface area contributed by atoms with Gasteiger partial charge < -0.3 is 5.73 Å². The quantitative estimate of drug-likeness (QED) is 0.642. The topological polar surface area (TPSA) is 26.0 Å². The summed E-state index contributed by atoms with van der Waals surface area (Å²) in [5.41, 5.74) is 8.32. The van der Waals surface area contributed by atoms with Crippen LogP contribution in [-0.4, -0.2) is 5.75 Å². The first-order chi connectivity index (χ1) is 8.24. The molecular formula is C15H21NS. The van der Waals surface area contributed by atoms with E-state index in [9.17, 15) is 0 Å². The van der Waals surface area contributed by atoms with Crippen LogP contribution in [0.4, 0.5) is 5.69 Å². The summed E-state index contributed by atoms with van der Waals surface area (Å²) in [5, 5.41) is 0. The highest BCUT2D eigenvalue weighted by Gasteiger charge is 2.39. The number of hydrogen-bond acceptors (Lipinski definition) is 2. The number of thioether (sulfide) groups is 1. The molecule has 2 aliphatic carbocycles. The summed E-state index contributed by atoms with van der Waals surface area (Å²) < 4.78 is 0. The normalized spacial score (nSPS) is 31.0. The van der Waals surface area contributed by atoms with Crippen LogP contribution in [0.1, 0.15) is 31.2 Å². The molecule has 2 aliphatic rings. The van der Waals surface area contributed by atoms with E-state index in [0.717, 1.165) is 23.4 Å². The maximum atomic E-state index is 6.12. The molecule has 3 atom stereocenters. The fraction of sp³-hybridized carbons (Fsp3) is 0.600. The van der Waals surface area contributed by atoms with Crippen LogP contribution in [0, 0.1) is 24.7 Å². The van der Waals surface area contributed by atoms with Gasteiger partial charge in [0.05, 0.1) is 0 Å². The van der Waals surface area contributed by atoms with Crippen molar-refractivity contribution >= 4 is 17.4 Å². The third kappa shape index (κ3) is 2.20. The lowest BCUT2D eigenvalue weighted by Crippen LogP contribution is -2.12. The van der Waals surface area contributed by atoms with Gasteiger partial charge in [-0.3, -0.25) is 0 Å². The summed E-state index contributed by atoms with van der Waals surface area (Å²) in [6.45, 7) is 2.09. The Labute approximate surface area is 108 Å². The van der Waals surface area contributed by atoms with E-state index in [-0.39, 0.29) is 0 Å². The first kappa shape index (κ1) is 11.5. The van der Waals surface area contributed by atoms with Crippen LogP contribution in [0.25, 0.3) is 0 Å². The number of benzene rings is 1. The van der Waals surface area contributed by atoms with E-state index in [4.69, 9.17) is 5.73 Å². The molecule has 0 aliphatic heterocycles. The zero-order chi connectivity index (χ0) is 11.8. The number of aryl methyl sites for hydroxylation is 1.